The number of hydrogen-bond donors (Lipinski definition) is 1. The second-order valence-corrected chi connectivity index (χ2v) is 7.70. The zero-order valence-electron chi connectivity index (χ0n) is 14.6. The van der Waals surface area contributed by atoms with Gasteiger partial charge in [-0.05, 0) is 47.0 Å². The predicted molar refractivity (Wildman–Crippen MR) is 93.5 cm³/mol. The van der Waals surface area contributed by atoms with Gasteiger partial charge in [-0.3, -0.25) is 0 Å². The minimum absolute atomic E-state index is 0.241. The van der Waals surface area contributed by atoms with Crippen LogP contribution in [0.3, 0.4) is 0 Å². The maximum Gasteiger partial charge on any atom is 0.422 e. The molecular formula is C19H10F7NO2S. The van der Waals surface area contributed by atoms with Gasteiger partial charge in [0, 0.05) is 5.56 Å². The monoisotopic (exact) mass is 449 g/mol. The van der Waals surface area contributed by atoms with Crippen LogP contribution in [0.2, 0.25) is 0 Å². The van der Waals surface area contributed by atoms with E-state index < -0.39 is 61.1 Å². The molecule has 3 aromatic rings. The van der Waals surface area contributed by atoms with Crippen LogP contribution < -0.4 is 5.14 Å². The maximum absolute atomic E-state index is 14.0. The number of halogens is 7. The fourth-order valence-corrected chi connectivity index (χ4v) is 3.70. The van der Waals surface area contributed by atoms with Crippen molar-refractivity contribution in [3.05, 3.63) is 77.4 Å². The molecule has 0 saturated heterocycles. The second-order valence-electron chi connectivity index (χ2n) is 6.17. The number of nitrogens with two attached hydrogens (primary N) is 1. The van der Waals surface area contributed by atoms with Crippen molar-refractivity contribution in [1.29, 1.82) is 0 Å². The number of benzene rings is 3. The van der Waals surface area contributed by atoms with Crippen molar-refractivity contribution in [2.75, 3.05) is 0 Å². The van der Waals surface area contributed by atoms with Gasteiger partial charge in [0.2, 0.25) is 10.0 Å². The van der Waals surface area contributed by atoms with Crippen LogP contribution >= 0.6 is 0 Å². The molecule has 0 radical (unpaired) electrons. The first-order chi connectivity index (χ1) is 13.8. The molecule has 3 rings (SSSR count). The van der Waals surface area contributed by atoms with Gasteiger partial charge >= 0.3 is 6.18 Å². The topological polar surface area (TPSA) is 60.2 Å². The number of sulfonamides is 1. The van der Waals surface area contributed by atoms with Crippen LogP contribution in [0.5, 0.6) is 0 Å². The van der Waals surface area contributed by atoms with Gasteiger partial charge in [-0.1, -0.05) is 18.2 Å². The van der Waals surface area contributed by atoms with Gasteiger partial charge in [-0.15, -0.1) is 0 Å². The van der Waals surface area contributed by atoms with Gasteiger partial charge in [0.1, 0.15) is 17.2 Å². The quantitative estimate of drug-likeness (QED) is 0.556. The molecule has 0 aliphatic carbocycles. The van der Waals surface area contributed by atoms with E-state index in [2.05, 4.69) is 0 Å². The molecule has 2 N–H and O–H groups in total. The Labute approximate surface area is 165 Å². The molecular weight excluding hydrogens is 439 g/mol. The summed E-state index contributed by atoms with van der Waals surface area (Å²) in [4.78, 5) is -0.509. The summed E-state index contributed by atoms with van der Waals surface area (Å²) in [7, 11) is -4.36. The first-order valence-corrected chi connectivity index (χ1v) is 9.53. The van der Waals surface area contributed by atoms with E-state index in [0.29, 0.717) is 24.3 Å². The molecule has 0 aliphatic heterocycles. The Kier molecular flexibility index (Phi) is 5.37. The lowest BCUT2D eigenvalue weighted by molar-refractivity contribution is -0.142. The molecule has 30 heavy (non-hydrogen) atoms. The molecule has 0 amide bonds. The summed E-state index contributed by atoms with van der Waals surface area (Å²) in [6.07, 6.45) is -5.33. The zero-order chi connectivity index (χ0) is 22.4. The summed E-state index contributed by atoms with van der Waals surface area (Å²) >= 11 is 0. The molecule has 0 bridgehead atoms. The lowest BCUT2D eigenvalue weighted by Gasteiger charge is -2.16. The van der Waals surface area contributed by atoms with Gasteiger partial charge in [0.05, 0.1) is 4.90 Å². The first-order valence-electron chi connectivity index (χ1n) is 7.98. The highest BCUT2D eigenvalue weighted by Crippen LogP contribution is 2.40. The van der Waals surface area contributed by atoms with E-state index >= 15 is 0 Å². The highest BCUT2D eigenvalue weighted by atomic mass is 32.2. The van der Waals surface area contributed by atoms with E-state index in [0.717, 1.165) is 6.07 Å². The third-order valence-electron chi connectivity index (χ3n) is 4.18. The van der Waals surface area contributed by atoms with Crippen LogP contribution in [0, 0.1) is 23.3 Å². The van der Waals surface area contributed by atoms with Crippen molar-refractivity contribution in [2.45, 2.75) is 11.1 Å². The molecule has 0 fully saturated rings. The summed E-state index contributed by atoms with van der Waals surface area (Å²) in [6, 6.07) is 6.50. The van der Waals surface area contributed by atoms with Crippen molar-refractivity contribution in [1.82, 2.24) is 0 Å². The average Bonchev–Trinajstić information content (AvgIpc) is 2.61. The van der Waals surface area contributed by atoms with Crippen LogP contribution in [-0.4, -0.2) is 8.42 Å². The molecule has 0 saturated carbocycles. The van der Waals surface area contributed by atoms with Gasteiger partial charge < -0.3 is 0 Å². The summed E-state index contributed by atoms with van der Waals surface area (Å²) in [5.74, 6) is -6.85. The highest BCUT2D eigenvalue weighted by molar-refractivity contribution is 7.89. The number of primary sulfonamides is 1. The maximum atomic E-state index is 14.0. The third-order valence-corrected chi connectivity index (χ3v) is 5.15. The Morgan fingerprint density at radius 3 is 1.70 bits per heavy atom. The largest absolute Gasteiger partial charge is 0.422 e. The Bertz CT molecular complexity index is 1230. The SMILES string of the molecule is NS(=O)(=O)c1ccccc1-c1cc(F)c(F)cc1-c1cc(F)c(C(F)(F)F)c(F)c1. The Balaban J connectivity index is 2.37. The van der Waals surface area contributed by atoms with Crippen LogP contribution in [0.1, 0.15) is 5.56 Å². The Morgan fingerprint density at radius 2 is 1.20 bits per heavy atom. The average molecular weight is 449 g/mol. The molecule has 3 nitrogen and oxygen atoms in total. The smallest absolute Gasteiger partial charge is 0.225 e. The summed E-state index contributed by atoms with van der Waals surface area (Å²) in [5, 5.41) is 5.13. The lowest BCUT2D eigenvalue weighted by Crippen LogP contribution is -2.13. The van der Waals surface area contributed by atoms with E-state index in [-0.39, 0.29) is 11.1 Å². The van der Waals surface area contributed by atoms with Gasteiger partial charge in [-0.25, -0.2) is 31.1 Å². The van der Waals surface area contributed by atoms with E-state index in [1.165, 1.54) is 18.2 Å². The number of alkyl halides is 3. The molecule has 0 atom stereocenters. The van der Waals surface area contributed by atoms with E-state index in [9.17, 15) is 39.2 Å². The Hall–Kier alpha value is -2.92. The van der Waals surface area contributed by atoms with Crippen molar-refractivity contribution >= 4 is 10.0 Å². The predicted octanol–water partition coefficient (Wildman–Crippen LogP) is 5.24. The molecule has 3 aromatic carbocycles. The van der Waals surface area contributed by atoms with Crippen LogP contribution in [0.15, 0.2) is 53.4 Å². The normalized spacial score (nSPS) is 12.3. The molecule has 0 spiro atoms. The number of rotatable bonds is 3. The summed E-state index contributed by atoms with van der Waals surface area (Å²) < 4.78 is 118. The van der Waals surface area contributed by atoms with E-state index in [1.807, 2.05) is 0 Å². The van der Waals surface area contributed by atoms with Gasteiger partial charge in [0.25, 0.3) is 0 Å². The third kappa shape index (κ3) is 4.03. The van der Waals surface area contributed by atoms with Crippen molar-refractivity contribution in [2.24, 2.45) is 5.14 Å². The summed E-state index contributed by atoms with van der Waals surface area (Å²) in [6.45, 7) is 0. The highest BCUT2D eigenvalue weighted by Gasteiger charge is 2.38. The fraction of sp³-hybridized carbons (Fsp3) is 0.0526. The van der Waals surface area contributed by atoms with Crippen LogP contribution in [0.25, 0.3) is 22.3 Å². The minimum atomic E-state index is -5.33. The van der Waals surface area contributed by atoms with E-state index in [4.69, 9.17) is 5.14 Å². The molecule has 0 unspecified atom stereocenters. The minimum Gasteiger partial charge on any atom is -0.225 e. The molecule has 0 aliphatic rings. The zero-order valence-corrected chi connectivity index (χ0v) is 15.4. The van der Waals surface area contributed by atoms with Crippen molar-refractivity contribution in [3.8, 4) is 22.3 Å². The molecule has 0 aromatic heterocycles. The van der Waals surface area contributed by atoms with Gasteiger partial charge in [-0.2, -0.15) is 13.2 Å². The fourth-order valence-electron chi connectivity index (χ4n) is 2.95. The lowest BCUT2D eigenvalue weighted by atomic mass is 9.93. The molecule has 0 heterocycles. The standard InChI is InChI=1S/C19H10F7NO2S/c20-13-7-11(9-5-15(22)18(16(23)6-9)19(24,25)26)12(8-14(13)21)10-3-1-2-4-17(10)30(27,28)29/h1-8H,(H2,27,28,29). The van der Waals surface area contributed by atoms with Crippen molar-refractivity contribution in [3.63, 3.8) is 0 Å². The van der Waals surface area contributed by atoms with Crippen LogP contribution in [-0.2, 0) is 16.2 Å². The van der Waals surface area contributed by atoms with Crippen LogP contribution in [0.4, 0.5) is 30.7 Å². The van der Waals surface area contributed by atoms with E-state index in [1.54, 1.807) is 0 Å². The Morgan fingerprint density at radius 1 is 0.700 bits per heavy atom. The molecule has 158 valence electrons. The first kappa shape index (κ1) is 21.8. The molecule has 11 heteroatoms. The van der Waals surface area contributed by atoms with Gasteiger partial charge in [0.15, 0.2) is 11.6 Å². The summed E-state index contributed by atoms with van der Waals surface area (Å²) in [5.41, 5.74) is -3.76. The van der Waals surface area contributed by atoms with Crippen molar-refractivity contribution < 1.29 is 39.2 Å². The second kappa shape index (κ2) is 7.40. The number of hydrogen-bond acceptors (Lipinski definition) is 2.